The SMILES string of the molecule is CC[C@H](C)[C@H](O)[C@](C)(O)/C=C/C1=CC2=CC(=O)[C@](C)(O)[C@H](O)[C@H]2CO1. The maximum Gasteiger partial charge on any atom is 0.189 e. The van der Waals surface area contributed by atoms with Gasteiger partial charge >= 0.3 is 0 Å². The van der Waals surface area contributed by atoms with Crippen LogP contribution in [0.15, 0.2) is 35.6 Å². The Kier molecular flexibility index (Phi) is 5.59. The van der Waals surface area contributed by atoms with Gasteiger partial charge in [0.15, 0.2) is 11.4 Å². The molecule has 0 radical (unpaired) electrons. The summed E-state index contributed by atoms with van der Waals surface area (Å²) in [6.07, 6.45) is 4.51. The van der Waals surface area contributed by atoms with Crippen molar-refractivity contribution < 1.29 is 30.0 Å². The molecular formula is C19H28O6. The summed E-state index contributed by atoms with van der Waals surface area (Å²) >= 11 is 0. The number of rotatable bonds is 5. The zero-order chi connectivity index (χ0) is 19.0. The fourth-order valence-electron chi connectivity index (χ4n) is 3.10. The van der Waals surface area contributed by atoms with E-state index in [0.717, 1.165) is 6.42 Å². The quantitative estimate of drug-likeness (QED) is 0.584. The average molecular weight is 352 g/mol. The second kappa shape index (κ2) is 7.03. The summed E-state index contributed by atoms with van der Waals surface area (Å²) in [5.74, 6) is -0.690. The average Bonchev–Trinajstić information content (AvgIpc) is 2.57. The number of aliphatic hydroxyl groups is 4. The molecule has 4 N–H and O–H groups in total. The number of carbonyl (C=O) groups is 1. The van der Waals surface area contributed by atoms with Crippen molar-refractivity contribution in [2.75, 3.05) is 6.61 Å². The van der Waals surface area contributed by atoms with Crippen LogP contribution >= 0.6 is 0 Å². The normalized spacial score (nSPS) is 34.5. The summed E-state index contributed by atoms with van der Waals surface area (Å²) in [7, 11) is 0. The highest BCUT2D eigenvalue weighted by Crippen LogP contribution is 2.35. The van der Waals surface area contributed by atoms with E-state index in [1.54, 1.807) is 12.2 Å². The smallest absolute Gasteiger partial charge is 0.189 e. The van der Waals surface area contributed by atoms with Gasteiger partial charge in [-0.05, 0) is 49.6 Å². The maximum absolute atomic E-state index is 12.0. The van der Waals surface area contributed by atoms with Crippen LogP contribution < -0.4 is 0 Å². The van der Waals surface area contributed by atoms with Crippen molar-refractivity contribution in [3.8, 4) is 0 Å². The van der Waals surface area contributed by atoms with E-state index in [0.29, 0.717) is 11.3 Å². The summed E-state index contributed by atoms with van der Waals surface area (Å²) in [6, 6.07) is 0. The number of carbonyl (C=O) groups excluding carboxylic acids is 1. The van der Waals surface area contributed by atoms with Crippen LogP contribution in [-0.2, 0) is 9.53 Å². The molecular weight excluding hydrogens is 324 g/mol. The maximum atomic E-state index is 12.0. The Bertz CT molecular complexity index is 613. The molecule has 1 aliphatic heterocycles. The zero-order valence-corrected chi connectivity index (χ0v) is 15.1. The predicted octanol–water partition coefficient (Wildman–Crippen LogP) is 0.852. The molecule has 0 aromatic rings. The molecule has 0 bridgehead atoms. The lowest BCUT2D eigenvalue weighted by Crippen LogP contribution is -2.54. The molecule has 0 aromatic heterocycles. The third kappa shape index (κ3) is 3.87. The van der Waals surface area contributed by atoms with E-state index in [-0.39, 0.29) is 12.5 Å². The molecule has 1 heterocycles. The standard InChI is InChI=1S/C19H28O6/c1-5-11(2)16(21)18(3,23)7-6-13-8-12-9-15(20)19(4,24)17(22)14(12)10-25-13/h6-9,11,14,16-17,21-24H,5,10H2,1-4H3/b7-6+/t11-,14-,16-,17+,18+,19-/m0/s1. The Morgan fingerprint density at radius 3 is 2.72 bits per heavy atom. The van der Waals surface area contributed by atoms with Crippen LogP contribution in [0.1, 0.15) is 34.1 Å². The van der Waals surface area contributed by atoms with Crippen LogP contribution in [0, 0.1) is 11.8 Å². The van der Waals surface area contributed by atoms with Gasteiger partial charge in [0.25, 0.3) is 0 Å². The van der Waals surface area contributed by atoms with Gasteiger partial charge in [-0.1, -0.05) is 20.3 Å². The van der Waals surface area contributed by atoms with E-state index in [1.807, 2.05) is 13.8 Å². The van der Waals surface area contributed by atoms with Crippen molar-refractivity contribution in [3.63, 3.8) is 0 Å². The lowest BCUT2D eigenvalue weighted by molar-refractivity contribution is -0.150. The zero-order valence-electron chi connectivity index (χ0n) is 15.1. The number of fused-ring (bicyclic) bond motifs is 1. The van der Waals surface area contributed by atoms with Crippen molar-refractivity contribution in [2.24, 2.45) is 11.8 Å². The van der Waals surface area contributed by atoms with Crippen molar-refractivity contribution in [1.29, 1.82) is 0 Å². The van der Waals surface area contributed by atoms with Crippen molar-refractivity contribution >= 4 is 5.78 Å². The molecule has 6 nitrogen and oxygen atoms in total. The second-order valence-electron chi connectivity index (χ2n) is 7.45. The first-order valence-corrected chi connectivity index (χ1v) is 8.61. The van der Waals surface area contributed by atoms with E-state index in [4.69, 9.17) is 4.74 Å². The fourth-order valence-corrected chi connectivity index (χ4v) is 3.10. The highest BCUT2D eigenvalue weighted by Gasteiger charge is 2.47. The van der Waals surface area contributed by atoms with Gasteiger partial charge in [0.1, 0.15) is 11.4 Å². The van der Waals surface area contributed by atoms with Crippen LogP contribution in [-0.4, -0.2) is 56.2 Å². The molecule has 2 aliphatic rings. The molecule has 0 amide bonds. The monoisotopic (exact) mass is 352 g/mol. The molecule has 140 valence electrons. The van der Waals surface area contributed by atoms with E-state index in [1.165, 1.54) is 26.0 Å². The van der Waals surface area contributed by atoms with Crippen LogP contribution in [0.4, 0.5) is 0 Å². The number of ether oxygens (including phenoxy) is 1. The van der Waals surface area contributed by atoms with Crippen LogP contribution in [0.5, 0.6) is 0 Å². The Hall–Kier alpha value is -1.47. The van der Waals surface area contributed by atoms with Gasteiger partial charge in [0.2, 0.25) is 0 Å². The third-order valence-corrected chi connectivity index (χ3v) is 5.29. The van der Waals surface area contributed by atoms with Crippen LogP contribution in [0.2, 0.25) is 0 Å². The molecule has 0 fully saturated rings. The number of hydrogen-bond donors (Lipinski definition) is 4. The first kappa shape index (κ1) is 19.8. The van der Waals surface area contributed by atoms with Crippen molar-refractivity contribution in [1.82, 2.24) is 0 Å². The lowest BCUT2D eigenvalue weighted by atomic mass is 9.75. The second-order valence-corrected chi connectivity index (χ2v) is 7.45. The first-order chi connectivity index (χ1) is 11.5. The number of aliphatic hydroxyl groups excluding tert-OH is 2. The largest absolute Gasteiger partial charge is 0.493 e. The van der Waals surface area contributed by atoms with Crippen molar-refractivity contribution in [3.05, 3.63) is 35.6 Å². The van der Waals surface area contributed by atoms with Gasteiger partial charge in [-0.3, -0.25) is 4.79 Å². The Morgan fingerprint density at radius 1 is 1.48 bits per heavy atom. The lowest BCUT2D eigenvalue weighted by Gasteiger charge is -2.39. The Morgan fingerprint density at radius 2 is 2.12 bits per heavy atom. The molecule has 0 saturated carbocycles. The van der Waals surface area contributed by atoms with E-state index >= 15 is 0 Å². The summed E-state index contributed by atoms with van der Waals surface area (Å²) in [6.45, 7) is 6.73. The molecule has 6 atom stereocenters. The Balaban J connectivity index is 2.21. The predicted molar refractivity (Wildman–Crippen MR) is 92.5 cm³/mol. The van der Waals surface area contributed by atoms with Crippen LogP contribution in [0.25, 0.3) is 0 Å². The molecule has 25 heavy (non-hydrogen) atoms. The number of allylic oxidation sites excluding steroid dienone is 2. The van der Waals surface area contributed by atoms with E-state index in [2.05, 4.69) is 0 Å². The van der Waals surface area contributed by atoms with Gasteiger partial charge in [0, 0.05) is 5.92 Å². The van der Waals surface area contributed by atoms with Gasteiger partial charge in [-0.25, -0.2) is 0 Å². The molecule has 1 aliphatic carbocycles. The number of hydrogen-bond acceptors (Lipinski definition) is 6. The molecule has 0 spiro atoms. The fraction of sp³-hybridized carbons (Fsp3) is 0.632. The molecule has 0 unspecified atom stereocenters. The number of ketones is 1. The summed E-state index contributed by atoms with van der Waals surface area (Å²) in [5, 5.41) is 40.9. The van der Waals surface area contributed by atoms with Gasteiger partial charge in [0.05, 0.1) is 18.8 Å². The molecule has 2 rings (SSSR count). The van der Waals surface area contributed by atoms with Gasteiger partial charge in [-0.15, -0.1) is 0 Å². The topological polar surface area (TPSA) is 107 Å². The molecule has 6 heteroatoms. The van der Waals surface area contributed by atoms with Gasteiger partial charge in [-0.2, -0.15) is 0 Å². The minimum atomic E-state index is -1.82. The molecule has 0 saturated heterocycles. The highest BCUT2D eigenvalue weighted by atomic mass is 16.5. The first-order valence-electron chi connectivity index (χ1n) is 8.61. The van der Waals surface area contributed by atoms with Gasteiger partial charge < -0.3 is 25.2 Å². The molecule has 0 aromatic carbocycles. The summed E-state index contributed by atoms with van der Waals surface area (Å²) in [4.78, 5) is 12.0. The van der Waals surface area contributed by atoms with Crippen molar-refractivity contribution in [2.45, 2.75) is 57.5 Å². The van der Waals surface area contributed by atoms with E-state index < -0.39 is 35.1 Å². The third-order valence-electron chi connectivity index (χ3n) is 5.29. The summed E-state index contributed by atoms with van der Waals surface area (Å²) in [5.41, 5.74) is -2.66. The van der Waals surface area contributed by atoms with Crippen LogP contribution in [0.3, 0.4) is 0 Å². The summed E-state index contributed by atoms with van der Waals surface area (Å²) < 4.78 is 5.57. The highest BCUT2D eigenvalue weighted by molar-refractivity contribution is 5.99. The van der Waals surface area contributed by atoms with E-state index in [9.17, 15) is 25.2 Å². The minimum absolute atomic E-state index is 0.0682. The minimum Gasteiger partial charge on any atom is -0.493 e. The Labute approximate surface area is 148 Å².